The van der Waals surface area contributed by atoms with Gasteiger partial charge in [-0.2, -0.15) is 0 Å². The summed E-state index contributed by atoms with van der Waals surface area (Å²) in [7, 11) is 1.63. The second-order valence-corrected chi connectivity index (χ2v) is 8.91. The van der Waals surface area contributed by atoms with Crippen LogP contribution >= 0.6 is 34.7 Å². The molecule has 0 aliphatic rings. The van der Waals surface area contributed by atoms with Crippen LogP contribution in [0.15, 0.2) is 71.9 Å². The number of fused-ring (bicyclic) bond motifs is 1. The van der Waals surface area contributed by atoms with Crippen molar-refractivity contribution in [2.24, 2.45) is 0 Å². The number of pyridine rings is 1. The summed E-state index contributed by atoms with van der Waals surface area (Å²) in [4.78, 5) is 24.7. The molecule has 0 atom stereocenters. The summed E-state index contributed by atoms with van der Waals surface area (Å²) in [6.07, 6.45) is 3.48. The number of thioether (sulfide) groups is 1. The first-order chi connectivity index (χ1) is 14.6. The Labute approximate surface area is 187 Å². The van der Waals surface area contributed by atoms with Crippen molar-refractivity contribution in [3.63, 3.8) is 0 Å². The zero-order chi connectivity index (χ0) is 20.9. The van der Waals surface area contributed by atoms with Gasteiger partial charge in [-0.15, -0.1) is 11.8 Å². The summed E-state index contributed by atoms with van der Waals surface area (Å²) in [5, 5.41) is 1.30. The summed E-state index contributed by atoms with van der Waals surface area (Å²) in [6.45, 7) is 0.406. The lowest BCUT2D eigenvalue weighted by Gasteiger charge is -2.19. The summed E-state index contributed by atoms with van der Waals surface area (Å²) in [5.74, 6) is 1.06. The van der Waals surface area contributed by atoms with Crippen molar-refractivity contribution in [1.29, 1.82) is 0 Å². The van der Waals surface area contributed by atoms with Gasteiger partial charge in [0.1, 0.15) is 5.75 Å². The molecule has 1 amide bonds. The number of carbonyl (C=O) groups is 1. The second-order valence-electron chi connectivity index (χ2n) is 6.41. The fraction of sp³-hybridized carbons (Fsp3) is 0.136. The maximum Gasteiger partial charge on any atom is 0.239 e. The van der Waals surface area contributed by atoms with Crippen LogP contribution in [0.4, 0.5) is 5.13 Å². The smallest absolute Gasteiger partial charge is 0.239 e. The van der Waals surface area contributed by atoms with Crippen LogP contribution in [0.5, 0.6) is 5.75 Å². The number of hydrogen-bond donors (Lipinski definition) is 0. The molecule has 30 heavy (non-hydrogen) atoms. The molecule has 0 aliphatic heterocycles. The lowest BCUT2D eigenvalue weighted by molar-refractivity contribution is -0.116. The molecule has 4 rings (SSSR count). The molecule has 2 heterocycles. The molecule has 5 nitrogen and oxygen atoms in total. The highest BCUT2D eigenvalue weighted by Gasteiger charge is 2.20. The van der Waals surface area contributed by atoms with Gasteiger partial charge in [-0.3, -0.25) is 14.7 Å². The molecule has 0 bridgehead atoms. The Morgan fingerprint density at radius 3 is 2.77 bits per heavy atom. The van der Waals surface area contributed by atoms with E-state index in [2.05, 4.69) is 9.97 Å². The van der Waals surface area contributed by atoms with Crippen molar-refractivity contribution < 1.29 is 9.53 Å². The van der Waals surface area contributed by atoms with Crippen LogP contribution in [0.1, 0.15) is 5.56 Å². The number of halogens is 1. The van der Waals surface area contributed by atoms with Crippen LogP contribution < -0.4 is 9.64 Å². The van der Waals surface area contributed by atoms with Gasteiger partial charge in [0.15, 0.2) is 5.13 Å². The van der Waals surface area contributed by atoms with Crippen LogP contribution in [-0.2, 0) is 11.3 Å². The number of rotatable bonds is 7. The molecule has 0 saturated heterocycles. The van der Waals surface area contributed by atoms with Crippen LogP contribution in [0.25, 0.3) is 10.2 Å². The first-order valence-corrected chi connectivity index (χ1v) is 11.3. The van der Waals surface area contributed by atoms with E-state index in [0.717, 1.165) is 26.4 Å². The summed E-state index contributed by atoms with van der Waals surface area (Å²) >= 11 is 9.06. The van der Waals surface area contributed by atoms with Crippen LogP contribution in [0.3, 0.4) is 0 Å². The molecule has 4 aromatic rings. The predicted octanol–water partition coefficient (Wildman–Crippen LogP) is 5.68. The fourth-order valence-corrected chi connectivity index (χ4v) is 4.87. The zero-order valence-electron chi connectivity index (χ0n) is 16.1. The Morgan fingerprint density at radius 2 is 2.03 bits per heavy atom. The Hall–Kier alpha value is -2.61. The number of ether oxygens (including phenoxy) is 1. The average Bonchev–Trinajstić information content (AvgIpc) is 3.19. The SMILES string of the molecule is COc1ccc(SCC(=O)N(Cc2cccnc2)c2nc3ccc(Cl)cc3s2)cc1. The van der Waals surface area contributed by atoms with Gasteiger partial charge in [0.25, 0.3) is 0 Å². The van der Waals surface area contributed by atoms with Gasteiger partial charge in [0, 0.05) is 22.3 Å². The minimum absolute atomic E-state index is 0.0233. The molecule has 0 spiro atoms. The minimum Gasteiger partial charge on any atom is -0.497 e. The third-order valence-corrected chi connectivity index (χ3v) is 6.63. The summed E-state index contributed by atoms with van der Waals surface area (Å²) in [5.41, 5.74) is 1.77. The van der Waals surface area contributed by atoms with E-state index in [1.54, 1.807) is 30.5 Å². The quantitative estimate of drug-likeness (QED) is 0.335. The lowest BCUT2D eigenvalue weighted by Crippen LogP contribution is -2.31. The van der Waals surface area contributed by atoms with Gasteiger partial charge in [0.2, 0.25) is 5.91 Å². The van der Waals surface area contributed by atoms with Crippen molar-refractivity contribution >= 4 is 56.0 Å². The molecule has 0 unspecified atom stereocenters. The second kappa shape index (κ2) is 9.47. The Bertz CT molecular complexity index is 1150. The highest BCUT2D eigenvalue weighted by Crippen LogP contribution is 2.32. The van der Waals surface area contributed by atoms with Crippen LogP contribution in [0, 0.1) is 0 Å². The van der Waals surface area contributed by atoms with E-state index in [0.29, 0.717) is 22.5 Å². The summed E-state index contributed by atoms with van der Waals surface area (Å²) in [6, 6.07) is 17.0. The van der Waals surface area contributed by atoms with Gasteiger partial charge in [-0.25, -0.2) is 4.98 Å². The zero-order valence-corrected chi connectivity index (χ0v) is 18.5. The van der Waals surface area contributed by atoms with Gasteiger partial charge >= 0.3 is 0 Å². The van der Waals surface area contributed by atoms with Crippen molar-refractivity contribution in [2.45, 2.75) is 11.4 Å². The van der Waals surface area contributed by atoms with E-state index in [4.69, 9.17) is 16.3 Å². The number of aromatic nitrogens is 2. The van der Waals surface area contributed by atoms with E-state index in [1.807, 2.05) is 48.5 Å². The Morgan fingerprint density at radius 1 is 1.20 bits per heavy atom. The van der Waals surface area contributed by atoms with Gasteiger partial charge in [0.05, 0.1) is 29.6 Å². The van der Waals surface area contributed by atoms with E-state index in [9.17, 15) is 4.79 Å². The van der Waals surface area contributed by atoms with Gasteiger partial charge < -0.3 is 4.74 Å². The topological polar surface area (TPSA) is 55.3 Å². The number of benzene rings is 2. The number of hydrogen-bond acceptors (Lipinski definition) is 6. The average molecular weight is 456 g/mol. The maximum atomic E-state index is 13.2. The standard InChI is InChI=1S/C22H18ClN3O2S2/c1-28-17-5-7-18(8-6-17)29-14-21(27)26(13-15-3-2-10-24-12-15)22-25-19-9-4-16(23)11-20(19)30-22/h2-12H,13-14H2,1H3. The third kappa shape index (κ3) is 4.92. The number of thiazole rings is 1. The van der Waals surface area contributed by atoms with Crippen LogP contribution in [-0.4, -0.2) is 28.7 Å². The number of carbonyl (C=O) groups excluding carboxylic acids is 1. The number of anilines is 1. The number of nitrogens with zero attached hydrogens (tertiary/aromatic N) is 3. The molecule has 8 heteroatoms. The normalized spacial score (nSPS) is 10.9. The first kappa shape index (κ1) is 20.7. The molecular formula is C22H18ClN3O2S2. The van der Waals surface area contributed by atoms with Gasteiger partial charge in [-0.05, 0) is 54.1 Å². The monoisotopic (exact) mass is 455 g/mol. The molecule has 2 aromatic heterocycles. The molecule has 0 N–H and O–H groups in total. The molecule has 152 valence electrons. The Kier molecular flexibility index (Phi) is 6.52. The van der Waals surface area contributed by atoms with Crippen LogP contribution in [0.2, 0.25) is 5.02 Å². The molecular weight excluding hydrogens is 438 g/mol. The van der Waals surface area contributed by atoms with E-state index >= 15 is 0 Å². The molecule has 0 aliphatic carbocycles. The fourth-order valence-electron chi connectivity index (χ4n) is 2.83. The third-order valence-electron chi connectivity index (χ3n) is 4.36. The van der Waals surface area contributed by atoms with Crippen molar-refractivity contribution in [3.8, 4) is 5.75 Å². The minimum atomic E-state index is -0.0233. The Balaban J connectivity index is 1.57. The molecule has 0 radical (unpaired) electrons. The first-order valence-electron chi connectivity index (χ1n) is 9.14. The van der Waals surface area contributed by atoms with E-state index < -0.39 is 0 Å². The van der Waals surface area contributed by atoms with Crippen molar-refractivity contribution in [1.82, 2.24) is 9.97 Å². The highest BCUT2D eigenvalue weighted by molar-refractivity contribution is 8.00. The molecule has 0 saturated carbocycles. The maximum absolute atomic E-state index is 13.2. The highest BCUT2D eigenvalue weighted by atomic mass is 35.5. The lowest BCUT2D eigenvalue weighted by atomic mass is 10.2. The van der Waals surface area contributed by atoms with Crippen molar-refractivity contribution in [2.75, 3.05) is 17.8 Å². The molecule has 2 aromatic carbocycles. The van der Waals surface area contributed by atoms with Crippen molar-refractivity contribution in [3.05, 3.63) is 77.6 Å². The number of methoxy groups -OCH3 is 1. The number of amides is 1. The van der Waals surface area contributed by atoms with E-state index in [-0.39, 0.29) is 5.91 Å². The largest absolute Gasteiger partial charge is 0.497 e. The van der Waals surface area contributed by atoms with Gasteiger partial charge in [-0.1, -0.05) is 29.0 Å². The predicted molar refractivity (Wildman–Crippen MR) is 124 cm³/mol. The summed E-state index contributed by atoms with van der Waals surface area (Å²) < 4.78 is 6.14. The van der Waals surface area contributed by atoms with E-state index in [1.165, 1.54) is 23.1 Å². The molecule has 0 fully saturated rings.